The van der Waals surface area contributed by atoms with Gasteiger partial charge >= 0.3 is 0 Å². The average molecular weight is 212 g/mol. The molecule has 2 rings (SSSR count). The summed E-state index contributed by atoms with van der Waals surface area (Å²) in [6.45, 7) is -0.254. The molecule has 1 aromatic carbocycles. The molecule has 1 aliphatic rings. The van der Waals surface area contributed by atoms with Gasteiger partial charge in [0.2, 0.25) is 0 Å². The molecule has 0 amide bonds. The molecule has 82 valence electrons. The monoisotopic (exact) mass is 212 g/mol. The van der Waals surface area contributed by atoms with Crippen LogP contribution in [0.5, 0.6) is 11.5 Å². The Hall–Kier alpha value is -1.29. The summed E-state index contributed by atoms with van der Waals surface area (Å²) in [4.78, 5) is 0. The van der Waals surface area contributed by atoms with Gasteiger partial charge in [-0.1, -0.05) is 0 Å². The van der Waals surface area contributed by atoms with E-state index in [0.29, 0.717) is 17.1 Å². The highest BCUT2D eigenvalue weighted by Gasteiger charge is 2.26. The zero-order valence-electron chi connectivity index (χ0n) is 8.50. The topological polar surface area (TPSA) is 38.7 Å². The van der Waals surface area contributed by atoms with Crippen LogP contribution in [-0.2, 0) is 6.61 Å². The summed E-state index contributed by atoms with van der Waals surface area (Å²) in [7, 11) is 1.45. The van der Waals surface area contributed by atoms with Gasteiger partial charge in [-0.05, 0) is 18.9 Å². The summed E-state index contributed by atoms with van der Waals surface area (Å²) in [6, 6.07) is 2.52. The first-order valence-electron chi connectivity index (χ1n) is 4.88. The predicted octanol–water partition coefficient (Wildman–Crippen LogP) is 1.87. The quantitative estimate of drug-likeness (QED) is 0.828. The molecule has 0 heterocycles. The van der Waals surface area contributed by atoms with Crippen molar-refractivity contribution in [2.75, 3.05) is 7.11 Å². The maximum atomic E-state index is 13.1. The number of rotatable bonds is 4. The van der Waals surface area contributed by atoms with Crippen molar-refractivity contribution in [1.82, 2.24) is 0 Å². The predicted molar refractivity (Wildman–Crippen MR) is 52.5 cm³/mol. The van der Waals surface area contributed by atoms with E-state index in [-0.39, 0.29) is 12.7 Å². The Bertz CT molecular complexity index is 336. The fourth-order valence-corrected chi connectivity index (χ4v) is 1.38. The maximum absolute atomic E-state index is 13.1. The molecule has 1 aromatic rings. The summed E-state index contributed by atoms with van der Waals surface area (Å²) in [6.07, 6.45) is 2.20. The molecule has 4 heteroatoms. The second-order valence-corrected chi connectivity index (χ2v) is 3.57. The minimum atomic E-state index is -0.431. The molecule has 1 aliphatic carbocycles. The van der Waals surface area contributed by atoms with E-state index in [4.69, 9.17) is 14.6 Å². The summed E-state index contributed by atoms with van der Waals surface area (Å²) >= 11 is 0. The molecule has 0 spiro atoms. The van der Waals surface area contributed by atoms with Gasteiger partial charge in [0.25, 0.3) is 0 Å². The maximum Gasteiger partial charge on any atom is 0.167 e. The van der Waals surface area contributed by atoms with Gasteiger partial charge in [-0.25, -0.2) is 4.39 Å². The number of halogens is 1. The number of benzene rings is 1. The van der Waals surface area contributed by atoms with Crippen molar-refractivity contribution in [2.24, 2.45) is 0 Å². The van der Waals surface area contributed by atoms with Crippen molar-refractivity contribution < 1.29 is 19.0 Å². The van der Waals surface area contributed by atoms with Crippen LogP contribution >= 0.6 is 0 Å². The lowest BCUT2D eigenvalue weighted by molar-refractivity contribution is 0.247. The second kappa shape index (κ2) is 4.06. The Morgan fingerprint density at radius 2 is 2.20 bits per heavy atom. The van der Waals surface area contributed by atoms with Crippen LogP contribution in [0.4, 0.5) is 4.39 Å². The molecular formula is C11H13FO3. The highest BCUT2D eigenvalue weighted by molar-refractivity contribution is 5.47. The number of hydrogen-bond donors (Lipinski definition) is 1. The van der Waals surface area contributed by atoms with Crippen LogP contribution in [0.2, 0.25) is 0 Å². The average Bonchev–Trinajstić information content (AvgIpc) is 3.03. The van der Waals surface area contributed by atoms with Crippen LogP contribution in [0.1, 0.15) is 18.4 Å². The third-order valence-corrected chi connectivity index (χ3v) is 2.30. The normalized spacial score (nSPS) is 15.1. The fraction of sp³-hybridized carbons (Fsp3) is 0.455. The third-order valence-electron chi connectivity index (χ3n) is 2.30. The van der Waals surface area contributed by atoms with Crippen molar-refractivity contribution >= 4 is 0 Å². The molecule has 1 saturated carbocycles. The molecule has 0 bridgehead atoms. The summed E-state index contributed by atoms with van der Waals surface area (Å²) in [5, 5.41) is 9.09. The third kappa shape index (κ3) is 2.21. The van der Waals surface area contributed by atoms with Crippen LogP contribution in [0.3, 0.4) is 0 Å². The summed E-state index contributed by atoms with van der Waals surface area (Å²) in [5.41, 5.74) is 0.429. The summed E-state index contributed by atoms with van der Waals surface area (Å²) < 4.78 is 23.7. The van der Waals surface area contributed by atoms with Crippen LogP contribution in [0.25, 0.3) is 0 Å². The van der Waals surface area contributed by atoms with Crippen molar-refractivity contribution in [3.8, 4) is 11.5 Å². The van der Waals surface area contributed by atoms with E-state index in [1.165, 1.54) is 19.2 Å². The number of aliphatic hydroxyl groups excluding tert-OH is 1. The van der Waals surface area contributed by atoms with E-state index in [1.54, 1.807) is 0 Å². The summed E-state index contributed by atoms with van der Waals surface area (Å²) in [5.74, 6) is 0.369. The van der Waals surface area contributed by atoms with Gasteiger partial charge in [-0.2, -0.15) is 0 Å². The van der Waals surface area contributed by atoms with Gasteiger partial charge in [0.05, 0.1) is 19.8 Å². The van der Waals surface area contributed by atoms with Gasteiger partial charge in [0.1, 0.15) is 5.82 Å². The molecule has 0 aliphatic heterocycles. The number of aliphatic hydroxyl groups is 1. The Morgan fingerprint density at radius 1 is 1.47 bits per heavy atom. The van der Waals surface area contributed by atoms with Crippen LogP contribution in [-0.4, -0.2) is 18.3 Å². The molecule has 0 atom stereocenters. The molecule has 0 aromatic heterocycles. The van der Waals surface area contributed by atoms with Crippen LogP contribution in [0, 0.1) is 5.82 Å². The molecular weight excluding hydrogens is 199 g/mol. The molecule has 1 N–H and O–H groups in total. The lowest BCUT2D eigenvalue weighted by Gasteiger charge is -2.13. The lowest BCUT2D eigenvalue weighted by atomic mass is 10.2. The Morgan fingerprint density at radius 3 is 2.73 bits per heavy atom. The largest absolute Gasteiger partial charge is 0.493 e. The van der Waals surface area contributed by atoms with Crippen molar-refractivity contribution in [3.05, 3.63) is 23.5 Å². The van der Waals surface area contributed by atoms with Gasteiger partial charge in [0.15, 0.2) is 11.5 Å². The van der Waals surface area contributed by atoms with Gasteiger partial charge < -0.3 is 14.6 Å². The van der Waals surface area contributed by atoms with Crippen molar-refractivity contribution in [1.29, 1.82) is 0 Å². The number of ether oxygens (including phenoxy) is 2. The Balaban J connectivity index is 2.36. The first kappa shape index (κ1) is 10.2. The lowest BCUT2D eigenvalue weighted by Crippen LogP contribution is -2.03. The highest BCUT2D eigenvalue weighted by Crippen LogP contribution is 2.37. The fourth-order valence-electron chi connectivity index (χ4n) is 1.38. The zero-order chi connectivity index (χ0) is 10.8. The van der Waals surface area contributed by atoms with E-state index in [9.17, 15) is 4.39 Å². The van der Waals surface area contributed by atoms with Crippen molar-refractivity contribution in [2.45, 2.75) is 25.6 Å². The number of methoxy groups -OCH3 is 1. The van der Waals surface area contributed by atoms with E-state index in [0.717, 1.165) is 12.8 Å². The van der Waals surface area contributed by atoms with E-state index < -0.39 is 5.82 Å². The van der Waals surface area contributed by atoms with E-state index in [2.05, 4.69) is 0 Å². The zero-order valence-corrected chi connectivity index (χ0v) is 8.50. The molecule has 15 heavy (non-hydrogen) atoms. The smallest absolute Gasteiger partial charge is 0.167 e. The van der Waals surface area contributed by atoms with Crippen LogP contribution < -0.4 is 9.47 Å². The molecule has 0 saturated heterocycles. The minimum Gasteiger partial charge on any atom is -0.493 e. The molecule has 3 nitrogen and oxygen atoms in total. The second-order valence-electron chi connectivity index (χ2n) is 3.57. The number of hydrogen-bond acceptors (Lipinski definition) is 3. The first-order valence-corrected chi connectivity index (χ1v) is 4.88. The molecule has 0 radical (unpaired) electrons. The van der Waals surface area contributed by atoms with E-state index >= 15 is 0 Å². The minimum absolute atomic E-state index is 0.190. The first-order chi connectivity index (χ1) is 7.24. The van der Waals surface area contributed by atoms with Gasteiger partial charge in [-0.3, -0.25) is 0 Å². The molecule has 1 fully saturated rings. The van der Waals surface area contributed by atoms with Crippen LogP contribution in [0.15, 0.2) is 12.1 Å². The Labute approximate surface area is 87.4 Å². The van der Waals surface area contributed by atoms with Gasteiger partial charge in [-0.15, -0.1) is 0 Å². The van der Waals surface area contributed by atoms with Gasteiger partial charge in [0, 0.05) is 11.6 Å². The van der Waals surface area contributed by atoms with Crippen molar-refractivity contribution in [3.63, 3.8) is 0 Å². The molecule has 0 unspecified atom stereocenters. The SMILES string of the molecule is COc1cc(F)cc(CO)c1OC1CC1. The Kier molecular flexibility index (Phi) is 2.77. The van der Waals surface area contributed by atoms with E-state index in [1.807, 2.05) is 0 Å². The highest BCUT2D eigenvalue weighted by atomic mass is 19.1. The standard InChI is InChI=1S/C11H13FO3/c1-14-10-5-8(12)4-7(6-13)11(10)15-9-2-3-9/h4-5,9,13H,2-3,6H2,1H3.